The summed E-state index contributed by atoms with van der Waals surface area (Å²) < 4.78 is 0. The second-order valence-corrected chi connectivity index (χ2v) is 7.18. The van der Waals surface area contributed by atoms with E-state index >= 15 is 0 Å². The Morgan fingerprint density at radius 3 is 2.75 bits per heavy atom. The highest BCUT2D eigenvalue weighted by molar-refractivity contribution is 5.23. The van der Waals surface area contributed by atoms with Gasteiger partial charge in [0.2, 0.25) is 0 Å². The van der Waals surface area contributed by atoms with Gasteiger partial charge in [-0.05, 0) is 44.3 Å². The third-order valence-electron chi connectivity index (χ3n) is 5.21. The second kappa shape index (κ2) is 5.87. The number of hydrogen-bond acceptors (Lipinski definition) is 2. The number of nitrogens with zero attached hydrogens (tertiary/aromatic N) is 1. The Kier molecular flexibility index (Phi) is 4.13. The molecule has 2 aliphatic rings. The summed E-state index contributed by atoms with van der Waals surface area (Å²) >= 11 is 0. The molecule has 2 aliphatic heterocycles. The molecule has 20 heavy (non-hydrogen) atoms. The zero-order valence-corrected chi connectivity index (χ0v) is 12.9. The molecule has 0 aromatic heterocycles. The maximum Gasteiger partial charge on any atom is 0.0111 e. The van der Waals surface area contributed by atoms with Crippen molar-refractivity contribution in [3.63, 3.8) is 0 Å². The fourth-order valence-corrected chi connectivity index (χ4v) is 3.80. The Bertz CT molecular complexity index is 426. The van der Waals surface area contributed by atoms with Crippen molar-refractivity contribution in [1.29, 1.82) is 0 Å². The molecule has 110 valence electrons. The van der Waals surface area contributed by atoms with E-state index in [4.69, 9.17) is 0 Å². The first-order valence-corrected chi connectivity index (χ1v) is 8.18. The van der Waals surface area contributed by atoms with Gasteiger partial charge < -0.3 is 10.2 Å². The number of benzene rings is 1. The number of nitrogens with one attached hydrogen (secondary N) is 1. The lowest BCUT2D eigenvalue weighted by atomic mass is 9.84. The maximum atomic E-state index is 3.85. The van der Waals surface area contributed by atoms with Crippen molar-refractivity contribution in [2.75, 3.05) is 19.6 Å². The summed E-state index contributed by atoms with van der Waals surface area (Å²) in [7, 11) is 0. The van der Waals surface area contributed by atoms with Gasteiger partial charge in [-0.3, -0.25) is 0 Å². The Labute approximate surface area is 123 Å². The van der Waals surface area contributed by atoms with Gasteiger partial charge in [-0.2, -0.15) is 0 Å². The zero-order chi connectivity index (χ0) is 14.0. The van der Waals surface area contributed by atoms with Crippen LogP contribution in [-0.2, 0) is 5.41 Å². The van der Waals surface area contributed by atoms with Gasteiger partial charge in [0, 0.05) is 24.0 Å². The van der Waals surface area contributed by atoms with Gasteiger partial charge in [-0.1, -0.05) is 44.2 Å². The smallest absolute Gasteiger partial charge is 0.0111 e. The topological polar surface area (TPSA) is 15.3 Å². The monoisotopic (exact) mass is 272 g/mol. The SMILES string of the molecule is CC(C)(CNC1CCN2CCCC2C1)c1ccccc1. The molecule has 0 aliphatic carbocycles. The minimum atomic E-state index is 0.216. The first-order valence-electron chi connectivity index (χ1n) is 8.18. The molecule has 2 saturated heterocycles. The molecular formula is C18H28N2. The minimum Gasteiger partial charge on any atom is -0.313 e. The molecule has 2 fully saturated rings. The zero-order valence-electron chi connectivity index (χ0n) is 12.9. The summed E-state index contributed by atoms with van der Waals surface area (Å²) in [6.45, 7) is 8.41. The number of fused-ring (bicyclic) bond motifs is 1. The summed E-state index contributed by atoms with van der Waals surface area (Å²) in [6.07, 6.45) is 5.50. The van der Waals surface area contributed by atoms with Crippen LogP contribution in [0.15, 0.2) is 30.3 Å². The minimum absolute atomic E-state index is 0.216. The predicted octanol–water partition coefficient (Wildman–Crippen LogP) is 3.18. The van der Waals surface area contributed by atoms with Gasteiger partial charge in [0.1, 0.15) is 0 Å². The van der Waals surface area contributed by atoms with E-state index in [9.17, 15) is 0 Å². The molecule has 0 amide bonds. The number of piperidine rings is 1. The molecule has 2 unspecified atom stereocenters. The van der Waals surface area contributed by atoms with Crippen LogP contribution in [0.1, 0.15) is 45.1 Å². The van der Waals surface area contributed by atoms with Crippen LogP contribution in [0.2, 0.25) is 0 Å². The molecular weight excluding hydrogens is 244 g/mol. The van der Waals surface area contributed by atoms with Crippen LogP contribution < -0.4 is 5.32 Å². The number of hydrogen-bond donors (Lipinski definition) is 1. The normalized spacial score (nSPS) is 27.5. The van der Waals surface area contributed by atoms with E-state index in [0.717, 1.165) is 18.6 Å². The predicted molar refractivity (Wildman–Crippen MR) is 85.1 cm³/mol. The molecule has 2 heterocycles. The molecule has 2 nitrogen and oxygen atoms in total. The Morgan fingerprint density at radius 2 is 1.95 bits per heavy atom. The highest BCUT2D eigenvalue weighted by Crippen LogP contribution is 2.28. The van der Waals surface area contributed by atoms with Crippen molar-refractivity contribution in [2.45, 2.75) is 57.0 Å². The molecule has 0 bridgehead atoms. The average Bonchev–Trinajstić information content (AvgIpc) is 2.94. The molecule has 1 aromatic rings. The summed E-state index contributed by atoms with van der Waals surface area (Å²) in [5.74, 6) is 0. The quantitative estimate of drug-likeness (QED) is 0.905. The molecule has 0 radical (unpaired) electrons. The molecule has 2 atom stereocenters. The van der Waals surface area contributed by atoms with Crippen LogP contribution in [0.5, 0.6) is 0 Å². The van der Waals surface area contributed by atoms with E-state index in [0.29, 0.717) is 0 Å². The largest absolute Gasteiger partial charge is 0.313 e. The lowest BCUT2D eigenvalue weighted by molar-refractivity contribution is 0.164. The van der Waals surface area contributed by atoms with E-state index < -0.39 is 0 Å². The highest BCUT2D eigenvalue weighted by Gasteiger charge is 2.32. The van der Waals surface area contributed by atoms with Crippen LogP contribution >= 0.6 is 0 Å². The summed E-state index contributed by atoms with van der Waals surface area (Å²) in [4.78, 5) is 2.69. The Balaban J connectivity index is 1.54. The standard InChI is InChI=1S/C18H28N2/c1-18(2,15-7-4-3-5-8-15)14-19-16-10-12-20-11-6-9-17(20)13-16/h3-5,7-8,16-17,19H,6,9-14H2,1-2H3. The third kappa shape index (κ3) is 3.07. The Hall–Kier alpha value is -0.860. The van der Waals surface area contributed by atoms with Gasteiger partial charge in [0.25, 0.3) is 0 Å². The molecule has 0 saturated carbocycles. The molecule has 3 rings (SSSR count). The van der Waals surface area contributed by atoms with Crippen molar-refractivity contribution in [1.82, 2.24) is 10.2 Å². The first-order chi connectivity index (χ1) is 9.65. The fourth-order valence-electron chi connectivity index (χ4n) is 3.80. The van der Waals surface area contributed by atoms with E-state index in [2.05, 4.69) is 54.4 Å². The van der Waals surface area contributed by atoms with E-state index in [1.165, 1.54) is 44.3 Å². The van der Waals surface area contributed by atoms with E-state index in [1.807, 2.05) is 0 Å². The van der Waals surface area contributed by atoms with Crippen LogP contribution in [0.25, 0.3) is 0 Å². The van der Waals surface area contributed by atoms with Gasteiger partial charge >= 0.3 is 0 Å². The van der Waals surface area contributed by atoms with Gasteiger partial charge in [-0.25, -0.2) is 0 Å². The van der Waals surface area contributed by atoms with Crippen molar-refractivity contribution < 1.29 is 0 Å². The average molecular weight is 272 g/mol. The van der Waals surface area contributed by atoms with Crippen molar-refractivity contribution in [2.24, 2.45) is 0 Å². The molecule has 0 spiro atoms. The lowest BCUT2D eigenvalue weighted by Gasteiger charge is -2.37. The molecule has 1 aromatic carbocycles. The number of rotatable bonds is 4. The third-order valence-corrected chi connectivity index (χ3v) is 5.21. The van der Waals surface area contributed by atoms with E-state index in [-0.39, 0.29) is 5.41 Å². The Morgan fingerprint density at radius 1 is 1.15 bits per heavy atom. The highest BCUT2D eigenvalue weighted by atomic mass is 15.2. The van der Waals surface area contributed by atoms with Crippen molar-refractivity contribution in [3.05, 3.63) is 35.9 Å². The van der Waals surface area contributed by atoms with E-state index in [1.54, 1.807) is 0 Å². The van der Waals surface area contributed by atoms with Gasteiger partial charge in [0.15, 0.2) is 0 Å². The summed E-state index contributed by atoms with van der Waals surface area (Å²) in [5, 5.41) is 3.85. The summed E-state index contributed by atoms with van der Waals surface area (Å²) in [5.41, 5.74) is 1.65. The molecule has 2 heteroatoms. The van der Waals surface area contributed by atoms with Gasteiger partial charge in [-0.15, -0.1) is 0 Å². The van der Waals surface area contributed by atoms with Crippen LogP contribution in [0.4, 0.5) is 0 Å². The van der Waals surface area contributed by atoms with Gasteiger partial charge in [0.05, 0.1) is 0 Å². The lowest BCUT2D eigenvalue weighted by Crippen LogP contribution is -2.48. The van der Waals surface area contributed by atoms with Crippen LogP contribution in [0, 0.1) is 0 Å². The molecule has 1 N–H and O–H groups in total. The van der Waals surface area contributed by atoms with Crippen molar-refractivity contribution >= 4 is 0 Å². The first kappa shape index (κ1) is 14.1. The van der Waals surface area contributed by atoms with Crippen molar-refractivity contribution in [3.8, 4) is 0 Å². The van der Waals surface area contributed by atoms with Crippen LogP contribution in [-0.4, -0.2) is 36.6 Å². The fraction of sp³-hybridized carbons (Fsp3) is 0.667. The summed E-state index contributed by atoms with van der Waals surface area (Å²) in [6, 6.07) is 12.5. The van der Waals surface area contributed by atoms with Crippen LogP contribution in [0.3, 0.4) is 0 Å². The second-order valence-electron chi connectivity index (χ2n) is 7.18. The maximum absolute atomic E-state index is 3.85.